The zero-order valence-electron chi connectivity index (χ0n) is 10.8. The second kappa shape index (κ2) is 6.73. The number of nitrogens with one attached hydrogen (secondary N) is 1. The topological polar surface area (TPSA) is 38.3 Å². The maximum absolute atomic E-state index is 11.9. The van der Waals surface area contributed by atoms with E-state index in [9.17, 15) is 4.79 Å². The molecule has 1 aromatic carbocycles. The fourth-order valence-electron chi connectivity index (χ4n) is 2.27. The summed E-state index contributed by atoms with van der Waals surface area (Å²) in [5.74, 6) is 0.470. The summed E-state index contributed by atoms with van der Waals surface area (Å²) in [4.78, 5) is 11.9. The van der Waals surface area contributed by atoms with Gasteiger partial charge in [0.25, 0.3) is 0 Å². The highest BCUT2D eigenvalue weighted by Gasteiger charge is 2.31. The van der Waals surface area contributed by atoms with Crippen LogP contribution in [0.25, 0.3) is 0 Å². The number of hydrogen-bond acceptors (Lipinski definition) is 2. The van der Waals surface area contributed by atoms with Gasteiger partial charge in [-0.15, -0.1) is 0 Å². The Morgan fingerprint density at radius 1 is 1.53 bits per heavy atom. The molecule has 0 aliphatic heterocycles. The normalized spacial score (nSPS) is 21.8. The molecule has 1 N–H and O–H groups in total. The molecule has 0 radical (unpaired) electrons. The number of benzene rings is 1. The van der Waals surface area contributed by atoms with Gasteiger partial charge in [0.2, 0.25) is 5.91 Å². The van der Waals surface area contributed by atoms with Gasteiger partial charge in [0.15, 0.2) is 0 Å². The predicted octanol–water partition coefficient (Wildman–Crippen LogP) is 4.25. The van der Waals surface area contributed by atoms with Gasteiger partial charge in [0.1, 0.15) is 0 Å². The number of rotatable bonds is 5. The lowest BCUT2D eigenvalue weighted by atomic mass is 9.80. The first-order valence-corrected chi connectivity index (χ1v) is 7.62. The lowest BCUT2D eigenvalue weighted by molar-refractivity contribution is -0.119. The first kappa shape index (κ1) is 14.8. The number of carbonyl (C=O) groups excluding carboxylic acids is 1. The molecule has 5 heteroatoms. The highest BCUT2D eigenvalue weighted by Crippen LogP contribution is 2.33. The van der Waals surface area contributed by atoms with Crippen LogP contribution in [0.15, 0.2) is 22.7 Å². The van der Waals surface area contributed by atoms with E-state index in [-0.39, 0.29) is 5.91 Å². The van der Waals surface area contributed by atoms with Crippen molar-refractivity contribution in [3.8, 4) is 0 Å². The molecule has 0 atom stereocenters. The lowest BCUT2D eigenvalue weighted by Crippen LogP contribution is -2.33. The van der Waals surface area contributed by atoms with Crippen LogP contribution in [0.3, 0.4) is 0 Å². The number of hydrogen-bond donors (Lipinski definition) is 1. The van der Waals surface area contributed by atoms with E-state index < -0.39 is 0 Å². The molecule has 0 aromatic heterocycles. The van der Waals surface area contributed by atoms with Crippen molar-refractivity contribution in [1.29, 1.82) is 0 Å². The minimum atomic E-state index is 0.0305. The molecule has 104 valence electrons. The predicted molar refractivity (Wildman–Crippen MR) is 80.5 cm³/mol. The third-order valence-corrected chi connectivity index (χ3v) is 4.20. The van der Waals surface area contributed by atoms with Gasteiger partial charge < -0.3 is 10.1 Å². The van der Waals surface area contributed by atoms with E-state index in [0.29, 0.717) is 23.5 Å². The van der Waals surface area contributed by atoms with Crippen molar-refractivity contribution in [3.63, 3.8) is 0 Å². The SMILES string of the molecule is CCOC1CC(CC(=O)Nc2cc(Cl)ccc2Br)C1. The Morgan fingerprint density at radius 2 is 2.26 bits per heavy atom. The van der Waals surface area contributed by atoms with Crippen LogP contribution in [0.4, 0.5) is 5.69 Å². The first-order chi connectivity index (χ1) is 9.08. The number of ether oxygens (including phenoxy) is 1. The molecular weight excluding hydrogens is 330 g/mol. The van der Waals surface area contributed by atoms with Crippen LogP contribution >= 0.6 is 27.5 Å². The van der Waals surface area contributed by atoms with Crippen LogP contribution in [-0.2, 0) is 9.53 Å². The Labute approximate surface area is 126 Å². The average molecular weight is 347 g/mol. The van der Waals surface area contributed by atoms with Gasteiger partial charge >= 0.3 is 0 Å². The number of anilines is 1. The fraction of sp³-hybridized carbons (Fsp3) is 0.500. The molecule has 1 aromatic rings. The van der Waals surface area contributed by atoms with Crippen molar-refractivity contribution in [2.45, 2.75) is 32.3 Å². The molecule has 1 amide bonds. The molecule has 1 aliphatic carbocycles. The lowest BCUT2D eigenvalue weighted by Gasteiger charge is -2.34. The van der Waals surface area contributed by atoms with Crippen molar-refractivity contribution in [2.75, 3.05) is 11.9 Å². The molecule has 0 heterocycles. The maximum atomic E-state index is 11.9. The summed E-state index contributed by atoms with van der Waals surface area (Å²) in [7, 11) is 0. The van der Waals surface area contributed by atoms with E-state index in [0.717, 1.165) is 29.6 Å². The Kier molecular flexibility index (Phi) is 5.25. The Bertz CT molecular complexity index is 461. The van der Waals surface area contributed by atoms with Crippen molar-refractivity contribution >= 4 is 39.1 Å². The minimum absolute atomic E-state index is 0.0305. The standard InChI is InChI=1S/C14H17BrClNO2/c1-2-19-11-5-9(6-11)7-14(18)17-13-8-10(16)3-4-12(13)15/h3-4,8-9,11H,2,5-7H2,1H3,(H,17,18). The van der Waals surface area contributed by atoms with Gasteiger partial charge in [-0.1, -0.05) is 11.6 Å². The van der Waals surface area contributed by atoms with Crippen LogP contribution in [0.5, 0.6) is 0 Å². The highest BCUT2D eigenvalue weighted by atomic mass is 79.9. The summed E-state index contributed by atoms with van der Waals surface area (Å²) in [6.45, 7) is 2.75. The molecule has 0 spiro atoms. The molecule has 2 rings (SSSR count). The van der Waals surface area contributed by atoms with Gasteiger partial charge in [-0.2, -0.15) is 0 Å². The van der Waals surface area contributed by atoms with Gasteiger partial charge in [0.05, 0.1) is 11.8 Å². The van der Waals surface area contributed by atoms with E-state index in [4.69, 9.17) is 16.3 Å². The molecule has 3 nitrogen and oxygen atoms in total. The van der Waals surface area contributed by atoms with Gasteiger partial charge in [0, 0.05) is 22.5 Å². The summed E-state index contributed by atoms with van der Waals surface area (Å²) in [6, 6.07) is 5.35. The largest absolute Gasteiger partial charge is 0.378 e. The molecule has 19 heavy (non-hydrogen) atoms. The molecular formula is C14H17BrClNO2. The molecule has 1 saturated carbocycles. The van der Waals surface area contributed by atoms with E-state index in [2.05, 4.69) is 21.2 Å². The fourth-order valence-corrected chi connectivity index (χ4v) is 2.79. The van der Waals surface area contributed by atoms with Crippen LogP contribution in [0.1, 0.15) is 26.2 Å². The summed E-state index contributed by atoms with van der Waals surface area (Å²) in [6.07, 6.45) is 2.86. The quantitative estimate of drug-likeness (QED) is 0.865. The molecule has 1 fully saturated rings. The van der Waals surface area contributed by atoms with E-state index in [1.165, 1.54) is 0 Å². The van der Waals surface area contributed by atoms with Crippen LogP contribution in [-0.4, -0.2) is 18.6 Å². The van der Waals surface area contributed by atoms with E-state index in [1.54, 1.807) is 12.1 Å². The van der Waals surface area contributed by atoms with Crippen molar-refractivity contribution in [2.24, 2.45) is 5.92 Å². The average Bonchev–Trinajstić information content (AvgIpc) is 2.31. The third kappa shape index (κ3) is 4.20. The Morgan fingerprint density at radius 3 is 2.95 bits per heavy atom. The summed E-state index contributed by atoms with van der Waals surface area (Å²) in [5, 5.41) is 3.50. The third-order valence-electron chi connectivity index (χ3n) is 3.27. The van der Waals surface area contributed by atoms with Gasteiger partial charge in [-0.25, -0.2) is 0 Å². The van der Waals surface area contributed by atoms with E-state index in [1.807, 2.05) is 13.0 Å². The maximum Gasteiger partial charge on any atom is 0.224 e. The first-order valence-electron chi connectivity index (χ1n) is 6.45. The van der Waals surface area contributed by atoms with Crippen LogP contribution in [0.2, 0.25) is 5.02 Å². The second-order valence-corrected chi connectivity index (χ2v) is 6.08. The Balaban J connectivity index is 1.80. The van der Waals surface area contributed by atoms with Crippen molar-refractivity contribution in [1.82, 2.24) is 0 Å². The zero-order valence-corrected chi connectivity index (χ0v) is 13.1. The molecule has 0 saturated heterocycles. The Hall–Kier alpha value is -0.580. The van der Waals surface area contributed by atoms with Crippen molar-refractivity contribution < 1.29 is 9.53 Å². The molecule has 1 aliphatic rings. The monoisotopic (exact) mass is 345 g/mol. The molecule has 0 bridgehead atoms. The van der Waals surface area contributed by atoms with E-state index >= 15 is 0 Å². The summed E-state index contributed by atoms with van der Waals surface area (Å²) in [5.41, 5.74) is 0.721. The van der Waals surface area contributed by atoms with Crippen molar-refractivity contribution in [3.05, 3.63) is 27.7 Å². The smallest absolute Gasteiger partial charge is 0.224 e. The zero-order chi connectivity index (χ0) is 13.8. The second-order valence-electron chi connectivity index (χ2n) is 4.79. The number of carbonyl (C=O) groups is 1. The number of amides is 1. The molecule has 0 unspecified atom stereocenters. The summed E-state index contributed by atoms with van der Waals surface area (Å²) >= 11 is 9.30. The van der Waals surface area contributed by atoms with Crippen LogP contribution in [0, 0.1) is 5.92 Å². The highest BCUT2D eigenvalue weighted by molar-refractivity contribution is 9.10. The summed E-state index contributed by atoms with van der Waals surface area (Å²) < 4.78 is 6.33. The van der Waals surface area contributed by atoms with Gasteiger partial charge in [-0.3, -0.25) is 4.79 Å². The van der Waals surface area contributed by atoms with Gasteiger partial charge in [-0.05, 0) is 59.8 Å². The minimum Gasteiger partial charge on any atom is -0.378 e. The number of halogens is 2. The van der Waals surface area contributed by atoms with Crippen LogP contribution < -0.4 is 5.32 Å².